The van der Waals surface area contributed by atoms with Crippen LogP contribution in [-0.2, 0) is 9.53 Å². The Balaban J connectivity index is 2.13. The molecule has 0 spiro atoms. The van der Waals surface area contributed by atoms with Crippen LogP contribution in [0.2, 0.25) is 5.02 Å². The Bertz CT molecular complexity index is 577. The molecule has 22 heavy (non-hydrogen) atoms. The molecule has 1 aromatic rings. The number of ether oxygens (including phenoxy) is 2. The highest BCUT2D eigenvalue weighted by Crippen LogP contribution is 2.50. The Kier molecular flexibility index (Phi) is 4.70. The molecular formula is C16H23ClN2O3. The fourth-order valence-corrected chi connectivity index (χ4v) is 3.00. The summed E-state index contributed by atoms with van der Waals surface area (Å²) in [5, 5.41) is 3.34. The molecule has 1 fully saturated rings. The van der Waals surface area contributed by atoms with E-state index < -0.39 is 11.0 Å². The SMILES string of the molecule is CCOC1CC(N)(C(=O)Nc2ccc(Cl)c(OC)c2)C1(C)C. The fraction of sp³-hybridized carbons (Fsp3) is 0.562. The summed E-state index contributed by atoms with van der Waals surface area (Å²) in [5.74, 6) is 0.281. The van der Waals surface area contributed by atoms with E-state index in [0.29, 0.717) is 29.5 Å². The van der Waals surface area contributed by atoms with Gasteiger partial charge in [0.25, 0.3) is 0 Å². The Labute approximate surface area is 136 Å². The number of halogens is 1. The van der Waals surface area contributed by atoms with Crippen LogP contribution in [0.4, 0.5) is 5.69 Å². The molecule has 0 bridgehead atoms. The highest BCUT2D eigenvalue weighted by Gasteiger charge is 2.62. The van der Waals surface area contributed by atoms with Gasteiger partial charge in [0.2, 0.25) is 5.91 Å². The van der Waals surface area contributed by atoms with E-state index in [9.17, 15) is 4.79 Å². The van der Waals surface area contributed by atoms with Crippen molar-refractivity contribution >= 4 is 23.2 Å². The minimum atomic E-state index is -0.959. The summed E-state index contributed by atoms with van der Waals surface area (Å²) >= 11 is 5.98. The van der Waals surface area contributed by atoms with E-state index in [4.69, 9.17) is 26.8 Å². The van der Waals surface area contributed by atoms with Crippen molar-refractivity contribution in [3.05, 3.63) is 23.2 Å². The summed E-state index contributed by atoms with van der Waals surface area (Å²) in [4.78, 5) is 12.6. The maximum Gasteiger partial charge on any atom is 0.245 e. The molecule has 2 rings (SSSR count). The molecule has 0 radical (unpaired) electrons. The van der Waals surface area contributed by atoms with Crippen molar-refractivity contribution in [2.45, 2.75) is 38.8 Å². The quantitative estimate of drug-likeness (QED) is 0.872. The van der Waals surface area contributed by atoms with Crippen LogP contribution in [0.15, 0.2) is 18.2 Å². The van der Waals surface area contributed by atoms with Gasteiger partial charge in [-0.25, -0.2) is 0 Å². The second-order valence-corrected chi connectivity index (χ2v) is 6.55. The van der Waals surface area contributed by atoms with Crippen LogP contribution in [0.5, 0.6) is 5.75 Å². The Morgan fingerprint density at radius 3 is 2.73 bits per heavy atom. The number of hydrogen-bond donors (Lipinski definition) is 2. The lowest BCUT2D eigenvalue weighted by molar-refractivity contribution is -0.166. The lowest BCUT2D eigenvalue weighted by Crippen LogP contribution is -2.74. The van der Waals surface area contributed by atoms with Gasteiger partial charge < -0.3 is 20.5 Å². The first-order chi connectivity index (χ1) is 10.3. The zero-order valence-corrected chi connectivity index (χ0v) is 14.2. The predicted octanol–water partition coefficient (Wildman–Crippen LogP) is 2.82. The monoisotopic (exact) mass is 326 g/mol. The summed E-state index contributed by atoms with van der Waals surface area (Å²) in [7, 11) is 1.53. The van der Waals surface area contributed by atoms with Gasteiger partial charge in [0, 0.05) is 30.2 Å². The number of amides is 1. The maximum atomic E-state index is 12.6. The zero-order valence-electron chi connectivity index (χ0n) is 13.4. The molecule has 5 nitrogen and oxygen atoms in total. The third-order valence-corrected chi connectivity index (χ3v) is 4.96. The van der Waals surface area contributed by atoms with Crippen molar-refractivity contribution in [2.24, 2.45) is 11.1 Å². The van der Waals surface area contributed by atoms with Crippen LogP contribution in [0, 0.1) is 5.41 Å². The van der Waals surface area contributed by atoms with Gasteiger partial charge in [0.05, 0.1) is 18.2 Å². The van der Waals surface area contributed by atoms with Crippen LogP contribution < -0.4 is 15.8 Å². The Morgan fingerprint density at radius 2 is 2.18 bits per heavy atom. The van der Waals surface area contributed by atoms with Crippen molar-refractivity contribution in [1.29, 1.82) is 0 Å². The molecule has 3 N–H and O–H groups in total. The summed E-state index contributed by atoms with van der Waals surface area (Å²) < 4.78 is 10.8. The topological polar surface area (TPSA) is 73.6 Å². The van der Waals surface area contributed by atoms with Gasteiger partial charge in [-0.2, -0.15) is 0 Å². The summed E-state index contributed by atoms with van der Waals surface area (Å²) in [6.07, 6.45) is 0.498. The van der Waals surface area contributed by atoms with Crippen LogP contribution in [0.25, 0.3) is 0 Å². The van der Waals surface area contributed by atoms with E-state index >= 15 is 0 Å². The van der Waals surface area contributed by atoms with Crippen molar-refractivity contribution in [3.8, 4) is 5.75 Å². The fourth-order valence-electron chi connectivity index (χ4n) is 2.80. The number of carbonyl (C=O) groups is 1. The lowest BCUT2D eigenvalue weighted by atomic mass is 9.54. The van der Waals surface area contributed by atoms with Crippen molar-refractivity contribution in [1.82, 2.24) is 0 Å². The van der Waals surface area contributed by atoms with Gasteiger partial charge >= 0.3 is 0 Å². The standard InChI is InChI=1S/C16H23ClN2O3/c1-5-22-13-9-16(18,15(13,2)3)14(20)19-10-6-7-11(17)12(8-10)21-4/h6-8,13H,5,9,18H2,1-4H3,(H,19,20). The lowest BCUT2D eigenvalue weighted by Gasteiger charge is -2.57. The highest BCUT2D eigenvalue weighted by atomic mass is 35.5. The molecule has 1 aliphatic carbocycles. The summed E-state index contributed by atoms with van der Waals surface area (Å²) in [5.41, 5.74) is 5.56. The van der Waals surface area contributed by atoms with E-state index in [1.807, 2.05) is 20.8 Å². The third kappa shape index (κ3) is 2.69. The molecular weight excluding hydrogens is 304 g/mol. The van der Waals surface area contributed by atoms with E-state index in [-0.39, 0.29) is 12.0 Å². The molecule has 0 heterocycles. The molecule has 2 unspecified atom stereocenters. The van der Waals surface area contributed by atoms with Gasteiger partial charge in [0.15, 0.2) is 0 Å². The summed E-state index contributed by atoms with van der Waals surface area (Å²) in [6.45, 7) is 6.46. The Hall–Kier alpha value is -1.30. The zero-order chi connectivity index (χ0) is 16.5. The minimum Gasteiger partial charge on any atom is -0.495 e. The number of carbonyl (C=O) groups excluding carboxylic acids is 1. The number of rotatable bonds is 5. The second kappa shape index (κ2) is 6.07. The van der Waals surface area contributed by atoms with Crippen LogP contribution in [0.1, 0.15) is 27.2 Å². The molecule has 0 aromatic heterocycles. The molecule has 122 valence electrons. The molecule has 0 aliphatic heterocycles. The van der Waals surface area contributed by atoms with Gasteiger partial charge in [0.1, 0.15) is 11.3 Å². The smallest absolute Gasteiger partial charge is 0.245 e. The highest BCUT2D eigenvalue weighted by molar-refractivity contribution is 6.32. The van der Waals surface area contributed by atoms with Crippen LogP contribution in [0.3, 0.4) is 0 Å². The number of nitrogens with one attached hydrogen (secondary N) is 1. The van der Waals surface area contributed by atoms with Gasteiger partial charge in [-0.3, -0.25) is 4.79 Å². The van der Waals surface area contributed by atoms with Crippen molar-refractivity contribution in [2.75, 3.05) is 19.0 Å². The maximum absolute atomic E-state index is 12.6. The van der Waals surface area contributed by atoms with Gasteiger partial charge in [-0.05, 0) is 19.1 Å². The predicted molar refractivity (Wildman–Crippen MR) is 87.4 cm³/mol. The third-order valence-electron chi connectivity index (χ3n) is 4.64. The van der Waals surface area contributed by atoms with Crippen molar-refractivity contribution < 1.29 is 14.3 Å². The van der Waals surface area contributed by atoms with Gasteiger partial charge in [-0.1, -0.05) is 25.4 Å². The number of hydrogen-bond acceptors (Lipinski definition) is 4. The second-order valence-electron chi connectivity index (χ2n) is 6.14. The first-order valence-electron chi connectivity index (χ1n) is 7.31. The largest absolute Gasteiger partial charge is 0.495 e. The number of anilines is 1. The number of methoxy groups -OCH3 is 1. The average molecular weight is 327 g/mol. The molecule has 0 saturated heterocycles. The van der Waals surface area contributed by atoms with Crippen LogP contribution >= 0.6 is 11.6 Å². The number of nitrogens with two attached hydrogens (primary N) is 1. The van der Waals surface area contributed by atoms with E-state index in [0.717, 1.165) is 0 Å². The number of benzene rings is 1. The van der Waals surface area contributed by atoms with Crippen LogP contribution in [-0.4, -0.2) is 31.3 Å². The van der Waals surface area contributed by atoms with Crippen molar-refractivity contribution in [3.63, 3.8) is 0 Å². The molecule has 6 heteroatoms. The molecule has 1 amide bonds. The summed E-state index contributed by atoms with van der Waals surface area (Å²) in [6, 6.07) is 5.07. The van der Waals surface area contributed by atoms with E-state index in [2.05, 4.69) is 5.32 Å². The molecule has 1 saturated carbocycles. The minimum absolute atomic E-state index is 0.00648. The first kappa shape index (κ1) is 17.1. The normalized spacial score (nSPS) is 26.2. The molecule has 1 aromatic carbocycles. The van der Waals surface area contributed by atoms with Gasteiger partial charge in [-0.15, -0.1) is 0 Å². The van der Waals surface area contributed by atoms with E-state index in [1.54, 1.807) is 18.2 Å². The molecule has 2 atom stereocenters. The van der Waals surface area contributed by atoms with E-state index in [1.165, 1.54) is 7.11 Å². The average Bonchev–Trinajstić information content (AvgIpc) is 2.48. The molecule has 1 aliphatic rings. The first-order valence-corrected chi connectivity index (χ1v) is 7.69. The Morgan fingerprint density at radius 1 is 1.50 bits per heavy atom.